The summed E-state index contributed by atoms with van der Waals surface area (Å²) in [6.45, 7) is 2.55. The largest absolute Gasteiger partial charge is 0.467 e. The Balaban J connectivity index is 1.67. The Morgan fingerprint density at radius 3 is 2.86 bits per heavy atom. The zero-order valence-electron chi connectivity index (χ0n) is 15.3. The number of benzene rings is 2. The van der Waals surface area contributed by atoms with E-state index < -0.39 is 21.7 Å². The van der Waals surface area contributed by atoms with Gasteiger partial charge in [0.1, 0.15) is 11.6 Å². The van der Waals surface area contributed by atoms with Crippen LogP contribution < -0.4 is 14.8 Å². The van der Waals surface area contributed by atoms with Crippen molar-refractivity contribution in [2.75, 3.05) is 19.9 Å². The van der Waals surface area contributed by atoms with Gasteiger partial charge in [-0.3, -0.25) is 4.79 Å². The normalized spacial score (nSPS) is 13.5. The first kappa shape index (κ1) is 20.2. The maximum atomic E-state index is 13.8. The molecule has 3 rings (SSSR count). The second-order valence-corrected chi connectivity index (χ2v) is 7.97. The molecule has 0 bridgehead atoms. The van der Waals surface area contributed by atoms with Crippen molar-refractivity contribution in [3.63, 3.8) is 0 Å². The average molecular weight is 408 g/mol. The molecule has 0 spiro atoms. The van der Waals surface area contributed by atoms with Crippen molar-refractivity contribution in [3.8, 4) is 5.75 Å². The van der Waals surface area contributed by atoms with Crippen LogP contribution in [0, 0.1) is 5.82 Å². The highest BCUT2D eigenvalue weighted by atomic mass is 32.2. The molecule has 1 heterocycles. The topological polar surface area (TPSA) is 93.7 Å². The summed E-state index contributed by atoms with van der Waals surface area (Å²) >= 11 is 0. The molecule has 0 aliphatic carbocycles. The highest BCUT2D eigenvalue weighted by Crippen LogP contribution is 2.29. The van der Waals surface area contributed by atoms with Gasteiger partial charge >= 0.3 is 0 Å². The van der Waals surface area contributed by atoms with Crippen LogP contribution >= 0.6 is 0 Å². The monoisotopic (exact) mass is 408 g/mol. The predicted molar refractivity (Wildman–Crippen MR) is 100 cm³/mol. The van der Waals surface area contributed by atoms with Crippen LogP contribution in [-0.2, 0) is 27.8 Å². The van der Waals surface area contributed by atoms with Crippen LogP contribution in [0.25, 0.3) is 0 Å². The summed E-state index contributed by atoms with van der Waals surface area (Å²) in [4.78, 5) is 12.4. The molecule has 150 valence electrons. The second-order valence-electron chi connectivity index (χ2n) is 6.20. The quantitative estimate of drug-likeness (QED) is 0.731. The van der Waals surface area contributed by atoms with Crippen molar-refractivity contribution in [1.29, 1.82) is 0 Å². The van der Waals surface area contributed by atoms with Crippen molar-refractivity contribution >= 4 is 15.9 Å². The van der Waals surface area contributed by atoms with Gasteiger partial charge in [0.2, 0.25) is 10.0 Å². The van der Waals surface area contributed by atoms with Crippen LogP contribution in [0.2, 0.25) is 0 Å². The zero-order chi connectivity index (χ0) is 20.1. The Hall–Kier alpha value is -2.49. The van der Waals surface area contributed by atoms with Crippen LogP contribution in [0.5, 0.6) is 5.75 Å². The van der Waals surface area contributed by atoms with Gasteiger partial charge in [0.15, 0.2) is 6.79 Å². The Bertz CT molecular complexity index is 978. The summed E-state index contributed by atoms with van der Waals surface area (Å²) < 4.78 is 50.9. The molecule has 0 saturated heterocycles. The first-order valence-corrected chi connectivity index (χ1v) is 10.3. The molecule has 9 heteroatoms. The Morgan fingerprint density at radius 2 is 2.07 bits per heavy atom. The van der Waals surface area contributed by atoms with Gasteiger partial charge in [-0.2, -0.15) is 0 Å². The lowest BCUT2D eigenvalue weighted by molar-refractivity contribution is -0.0172. The number of sulfonamides is 1. The third-order valence-electron chi connectivity index (χ3n) is 4.17. The summed E-state index contributed by atoms with van der Waals surface area (Å²) in [5.41, 5.74) is 1.50. The van der Waals surface area contributed by atoms with Gasteiger partial charge in [0, 0.05) is 24.2 Å². The number of hydrogen-bond donors (Lipinski definition) is 2. The molecule has 1 aliphatic heterocycles. The number of halogens is 1. The number of hydrogen-bond acceptors (Lipinski definition) is 5. The zero-order valence-corrected chi connectivity index (χ0v) is 16.1. The summed E-state index contributed by atoms with van der Waals surface area (Å²) in [6.07, 6.45) is 0.362. The second kappa shape index (κ2) is 8.68. The minimum Gasteiger partial charge on any atom is -0.467 e. The highest BCUT2D eigenvalue weighted by molar-refractivity contribution is 7.89. The van der Waals surface area contributed by atoms with E-state index in [1.807, 2.05) is 0 Å². The fourth-order valence-corrected chi connectivity index (χ4v) is 4.02. The number of carbonyl (C=O) groups is 1. The number of nitrogens with one attached hydrogen (secondary N) is 2. The molecule has 0 radical (unpaired) electrons. The Labute approximate surface area is 162 Å². The maximum absolute atomic E-state index is 13.8. The minimum atomic E-state index is -3.64. The van der Waals surface area contributed by atoms with Gasteiger partial charge in [-0.05, 0) is 42.3 Å². The van der Waals surface area contributed by atoms with Crippen molar-refractivity contribution in [1.82, 2.24) is 10.0 Å². The Kier molecular flexibility index (Phi) is 6.28. The smallest absolute Gasteiger partial charge is 0.251 e. The molecule has 1 aliphatic rings. The standard InChI is InChI=1S/C19H21FN2O5S/c1-2-22-28(24,25)17-5-3-4-14(10-17)19(23)21-7-6-13-8-16(20)9-15-11-26-12-27-18(13)15/h3-5,8-10,22H,2,6-7,11-12H2,1H3,(H,21,23). The van der Waals surface area contributed by atoms with E-state index in [-0.39, 0.29) is 36.9 Å². The van der Waals surface area contributed by atoms with E-state index in [1.165, 1.54) is 36.4 Å². The van der Waals surface area contributed by atoms with Crippen molar-refractivity contribution < 1.29 is 27.1 Å². The first-order chi connectivity index (χ1) is 13.4. The lowest BCUT2D eigenvalue weighted by Crippen LogP contribution is -2.27. The van der Waals surface area contributed by atoms with Gasteiger partial charge in [-0.15, -0.1) is 0 Å². The molecule has 0 fully saturated rings. The molecule has 2 N–H and O–H groups in total. The minimum absolute atomic E-state index is 0.0228. The Morgan fingerprint density at radius 1 is 1.25 bits per heavy atom. The van der Waals surface area contributed by atoms with Gasteiger partial charge in [-0.1, -0.05) is 13.0 Å². The fourth-order valence-electron chi connectivity index (χ4n) is 2.93. The number of carbonyl (C=O) groups excluding carboxylic acids is 1. The fraction of sp³-hybridized carbons (Fsp3) is 0.316. The van der Waals surface area contributed by atoms with E-state index in [0.29, 0.717) is 23.3 Å². The molecule has 2 aromatic carbocycles. The molecule has 0 aromatic heterocycles. The van der Waals surface area contributed by atoms with Gasteiger partial charge < -0.3 is 14.8 Å². The third-order valence-corrected chi connectivity index (χ3v) is 5.72. The van der Waals surface area contributed by atoms with Gasteiger partial charge in [-0.25, -0.2) is 17.5 Å². The number of rotatable bonds is 7. The number of ether oxygens (including phenoxy) is 2. The van der Waals surface area contributed by atoms with E-state index in [4.69, 9.17) is 9.47 Å². The van der Waals surface area contributed by atoms with Crippen LogP contribution in [0.3, 0.4) is 0 Å². The summed E-state index contributed by atoms with van der Waals surface area (Å²) in [6, 6.07) is 8.53. The SMILES string of the molecule is CCNS(=O)(=O)c1cccc(C(=O)NCCc2cc(F)cc3c2OCOC3)c1. The molecule has 0 atom stereocenters. The van der Waals surface area contributed by atoms with E-state index in [1.54, 1.807) is 6.92 Å². The summed E-state index contributed by atoms with van der Waals surface area (Å²) in [7, 11) is -3.64. The predicted octanol–water partition coefficient (Wildman–Crippen LogP) is 1.96. The van der Waals surface area contributed by atoms with E-state index in [2.05, 4.69) is 10.0 Å². The van der Waals surface area contributed by atoms with Crippen molar-refractivity contribution in [3.05, 3.63) is 58.9 Å². The molecule has 0 unspecified atom stereocenters. The highest BCUT2D eigenvalue weighted by Gasteiger charge is 2.18. The van der Waals surface area contributed by atoms with Crippen LogP contribution in [-0.4, -0.2) is 34.2 Å². The number of fused-ring (bicyclic) bond motifs is 1. The van der Waals surface area contributed by atoms with Crippen LogP contribution in [0.1, 0.15) is 28.4 Å². The van der Waals surface area contributed by atoms with Gasteiger partial charge in [0.05, 0.1) is 11.5 Å². The molecule has 28 heavy (non-hydrogen) atoms. The number of amides is 1. The molecule has 7 nitrogen and oxygen atoms in total. The van der Waals surface area contributed by atoms with E-state index in [9.17, 15) is 17.6 Å². The average Bonchev–Trinajstić information content (AvgIpc) is 2.67. The molecule has 2 aromatic rings. The van der Waals surface area contributed by atoms with Crippen molar-refractivity contribution in [2.24, 2.45) is 0 Å². The molecular weight excluding hydrogens is 387 g/mol. The van der Waals surface area contributed by atoms with Crippen LogP contribution in [0.15, 0.2) is 41.3 Å². The summed E-state index contributed by atoms with van der Waals surface area (Å²) in [5.74, 6) is -0.223. The van der Waals surface area contributed by atoms with Crippen molar-refractivity contribution in [2.45, 2.75) is 24.8 Å². The van der Waals surface area contributed by atoms with Gasteiger partial charge in [0.25, 0.3) is 5.91 Å². The molecule has 0 saturated carbocycles. The lowest BCUT2D eigenvalue weighted by atomic mass is 10.1. The lowest BCUT2D eigenvalue weighted by Gasteiger charge is -2.21. The van der Waals surface area contributed by atoms with Crippen LogP contribution in [0.4, 0.5) is 4.39 Å². The summed E-state index contributed by atoms with van der Waals surface area (Å²) in [5, 5.41) is 2.72. The first-order valence-electron chi connectivity index (χ1n) is 8.80. The van der Waals surface area contributed by atoms with E-state index >= 15 is 0 Å². The molecule has 1 amide bonds. The third kappa shape index (κ3) is 4.67. The van der Waals surface area contributed by atoms with E-state index in [0.717, 1.165) is 0 Å². The molecular formula is C19H21FN2O5S. The maximum Gasteiger partial charge on any atom is 0.251 e.